The lowest BCUT2D eigenvalue weighted by Gasteiger charge is -2.35. The molecule has 0 unspecified atom stereocenters. The number of amides is 1. The molecule has 7 nitrogen and oxygen atoms in total. The number of benzene rings is 1. The lowest BCUT2D eigenvalue weighted by Crippen LogP contribution is -2.50. The number of carbonyl (C=O) groups is 1. The average Bonchev–Trinajstić information content (AvgIpc) is 2.68. The fourth-order valence-electron chi connectivity index (χ4n) is 3.18. The molecule has 0 radical (unpaired) electrons. The molecule has 2 aliphatic rings. The van der Waals surface area contributed by atoms with Crippen LogP contribution in [0, 0.1) is 0 Å². The van der Waals surface area contributed by atoms with Gasteiger partial charge in [-0.05, 0) is 37.1 Å². The molecule has 1 aromatic heterocycles. The van der Waals surface area contributed by atoms with Gasteiger partial charge in [0.15, 0.2) is 11.5 Å². The third-order valence-corrected chi connectivity index (χ3v) is 4.51. The Hall–Kier alpha value is -2.83. The standard InChI is InChI=1S/C18H20N4O3/c23-18(16-12-24-14-4-1-2-5-15(14)25-16)22-10-7-13(8-11-22)20-17-6-3-9-19-21-17/h1-6,9,13,16H,7-8,10-12H2,(H,20,21)/t16-/m1/s1. The molecule has 0 saturated carbocycles. The molecule has 1 amide bonds. The van der Waals surface area contributed by atoms with Crippen LogP contribution in [0.3, 0.4) is 0 Å². The van der Waals surface area contributed by atoms with Gasteiger partial charge in [0, 0.05) is 25.3 Å². The van der Waals surface area contributed by atoms with E-state index in [-0.39, 0.29) is 12.5 Å². The third kappa shape index (κ3) is 3.50. The summed E-state index contributed by atoms with van der Waals surface area (Å²) in [6, 6.07) is 11.5. The number of carbonyl (C=O) groups excluding carboxylic acids is 1. The molecular weight excluding hydrogens is 320 g/mol. The van der Waals surface area contributed by atoms with Crippen molar-refractivity contribution in [2.24, 2.45) is 0 Å². The number of fused-ring (bicyclic) bond motifs is 1. The number of likely N-dealkylation sites (tertiary alicyclic amines) is 1. The lowest BCUT2D eigenvalue weighted by molar-refractivity contribution is -0.142. The summed E-state index contributed by atoms with van der Waals surface area (Å²) < 4.78 is 11.5. The first-order chi connectivity index (χ1) is 12.3. The van der Waals surface area contributed by atoms with Crippen LogP contribution < -0.4 is 14.8 Å². The number of hydrogen-bond acceptors (Lipinski definition) is 6. The lowest BCUT2D eigenvalue weighted by atomic mass is 10.0. The van der Waals surface area contributed by atoms with E-state index in [1.165, 1.54) is 0 Å². The maximum atomic E-state index is 12.7. The van der Waals surface area contributed by atoms with Crippen molar-refractivity contribution in [2.45, 2.75) is 25.0 Å². The molecule has 0 bridgehead atoms. The third-order valence-electron chi connectivity index (χ3n) is 4.51. The summed E-state index contributed by atoms with van der Waals surface area (Å²) in [5.41, 5.74) is 0. The van der Waals surface area contributed by atoms with Crippen molar-refractivity contribution in [3.63, 3.8) is 0 Å². The summed E-state index contributed by atoms with van der Waals surface area (Å²) in [6.07, 6.45) is 2.81. The van der Waals surface area contributed by atoms with Gasteiger partial charge >= 0.3 is 0 Å². The fraction of sp³-hybridized carbons (Fsp3) is 0.389. The van der Waals surface area contributed by atoms with E-state index in [4.69, 9.17) is 9.47 Å². The molecule has 2 aromatic rings. The van der Waals surface area contributed by atoms with Crippen molar-refractivity contribution in [3.05, 3.63) is 42.6 Å². The minimum atomic E-state index is -0.570. The van der Waals surface area contributed by atoms with Crippen LogP contribution in [0.4, 0.5) is 5.82 Å². The second-order valence-corrected chi connectivity index (χ2v) is 6.22. The summed E-state index contributed by atoms with van der Waals surface area (Å²) in [5.74, 6) is 2.09. The van der Waals surface area contributed by atoms with E-state index in [9.17, 15) is 4.79 Å². The van der Waals surface area contributed by atoms with Gasteiger partial charge in [-0.3, -0.25) is 4.79 Å². The minimum absolute atomic E-state index is 0.00699. The molecule has 1 fully saturated rings. The Kier molecular flexibility index (Phi) is 4.37. The zero-order valence-corrected chi connectivity index (χ0v) is 13.8. The van der Waals surface area contributed by atoms with Crippen LogP contribution in [-0.2, 0) is 4.79 Å². The quantitative estimate of drug-likeness (QED) is 0.917. The van der Waals surface area contributed by atoms with Crippen LogP contribution in [0.1, 0.15) is 12.8 Å². The number of hydrogen-bond donors (Lipinski definition) is 1. The second-order valence-electron chi connectivity index (χ2n) is 6.22. The Labute approximate surface area is 146 Å². The molecular formula is C18H20N4O3. The van der Waals surface area contributed by atoms with Gasteiger partial charge in [0.05, 0.1) is 0 Å². The number of rotatable bonds is 3. The van der Waals surface area contributed by atoms with Gasteiger partial charge in [-0.2, -0.15) is 5.10 Å². The van der Waals surface area contributed by atoms with Crippen LogP contribution >= 0.6 is 0 Å². The maximum absolute atomic E-state index is 12.7. The van der Waals surface area contributed by atoms with Crippen molar-refractivity contribution in [1.29, 1.82) is 0 Å². The molecule has 25 heavy (non-hydrogen) atoms. The molecule has 1 atom stereocenters. The normalized spacial score (nSPS) is 20.2. The average molecular weight is 340 g/mol. The highest BCUT2D eigenvalue weighted by Gasteiger charge is 2.33. The van der Waals surface area contributed by atoms with E-state index in [1.807, 2.05) is 41.3 Å². The zero-order chi connectivity index (χ0) is 17.1. The molecule has 1 N–H and O–H groups in total. The molecule has 0 spiro atoms. The van der Waals surface area contributed by atoms with Gasteiger partial charge in [0.2, 0.25) is 6.10 Å². The molecule has 0 aliphatic carbocycles. The van der Waals surface area contributed by atoms with E-state index in [0.29, 0.717) is 30.6 Å². The van der Waals surface area contributed by atoms with E-state index < -0.39 is 6.10 Å². The highest BCUT2D eigenvalue weighted by Crippen LogP contribution is 2.31. The van der Waals surface area contributed by atoms with Crippen molar-refractivity contribution in [2.75, 3.05) is 25.0 Å². The molecule has 4 rings (SSSR count). The fourth-order valence-corrected chi connectivity index (χ4v) is 3.18. The summed E-state index contributed by atoms with van der Waals surface area (Å²) in [4.78, 5) is 14.6. The Bertz CT molecular complexity index is 732. The van der Waals surface area contributed by atoms with Crippen LogP contribution in [0.15, 0.2) is 42.6 Å². The molecule has 130 valence electrons. The van der Waals surface area contributed by atoms with E-state index in [1.54, 1.807) is 6.20 Å². The Morgan fingerprint density at radius 2 is 1.92 bits per heavy atom. The molecule has 1 saturated heterocycles. The Morgan fingerprint density at radius 1 is 1.12 bits per heavy atom. The van der Waals surface area contributed by atoms with Crippen LogP contribution in [0.5, 0.6) is 11.5 Å². The van der Waals surface area contributed by atoms with Crippen LogP contribution in [-0.4, -0.2) is 52.8 Å². The second kappa shape index (κ2) is 6.96. The van der Waals surface area contributed by atoms with Crippen molar-refractivity contribution in [3.8, 4) is 11.5 Å². The Morgan fingerprint density at radius 3 is 2.68 bits per heavy atom. The van der Waals surface area contributed by atoms with E-state index >= 15 is 0 Å². The number of anilines is 1. The highest BCUT2D eigenvalue weighted by molar-refractivity contribution is 5.82. The Balaban J connectivity index is 1.31. The predicted octanol–water partition coefficient (Wildman–Crippen LogP) is 1.72. The molecule has 3 heterocycles. The number of ether oxygens (including phenoxy) is 2. The van der Waals surface area contributed by atoms with Crippen molar-refractivity contribution >= 4 is 11.7 Å². The van der Waals surface area contributed by atoms with Gasteiger partial charge < -0.3 is 19.7 Å². The highest BCUT2D eigenvalue weighted by atomic mass is 16.6. The first-order valence-electron chi connectivity index (χ1n) is 8.51. The summed E-state index contributed by atoms with van der Waals surface area (Å²) >= 11 is 0. The first kappa shape index (κ1) is 15.7. The van der Waals surface area contributed by atoms with Gasteiger partial charge in [-0.15, -0.1) is 5.10 Å². The van der Waals surface area contributed by atoms with Crippen LogP contribution in [0.25, 0.3) is 0 Å². The monoisotopic (exact) mass is 340 g/mol. The SMILES string of the molecule is O=C([C@H]1COc2ccccc2O1)N1CCC(Nc2cccnn2)CC1. The first-order valence-corrected chi connectivity index (χ1v) is 8.51. The summed E-state index contributed by atoms with van der Waals surface area (Å²) in [5, 5.41) is 11.3. The summed E-state index contributed by atoms with van der Waals surface area (Å²) in [6.45, 7) is 1.64. The largest absolute Gasteiger partial charge is 0.485 e. The number of nitrogens with zero attached hydrogens (tertiary/aromatic N) is 3. The number of aromatic nitrogens is 2. The van der Waals surface area contributed by atoms with Gasteiger partial charge in [-0.1, -0.05) is 12.1 Å². The predicted molar refractivity (Wildman–Crippen MR) is 91.6 cm³/mol. The smallest absolute Gasteiger partial charge is 0.267 e. The summed E-state index contributed by atoms with van der Waals surface area (Å²) in [7, 11) is 0. The van der Waals surface area contributed by atoms with Gasteiger partial charge in [0.25, 0.3) is 5.91 Å². The van der Waals surface area contributed by atoms with Gasteiger partial charge in [0.1, 0.15) is 12.4 Å². The zero-order valence-electron chi connectivity index (χ0n) is 13.8. The van der Waals surface area contributed by atoms with Gasteiger partial charge in [-0.25, -0.2) is 0 Å². The molecule has 1 aromatic carbocycles. The van der Waals surface area contributed by atoms with Crippen molar-refractivity contribution < 1.29 is 14.3 Å². The molecule has 2 aliphatic heterocycles. The topological polar surface area (TPSA) is 76.6 Å². The number of para-hydroxylation sites is 2. The molecule has 7 heteroatoms. The van der Waals surface area contributed by atoms with E-state index in [2.05, 4.69) is 15.5 Å². The minimum Gasteiger partial charge on any atom is -0.485 e. The van der Waals surface area contributed by atoms with Crippen molar-refractivity contribution in [1.82, 2.24) is 15.1 Å². The number of piperidine rings is 1. The van der Waals surface area contributed by atoms with E-state index in [0.717, 1.165) is 18.7 Å². The van der Waals surface area contributed by atoms with Crippen LogP contribution in [0.2, 0.25) is 0 Å². The maximum Gasteiger partial charge on any atom is 0.267 e. The number of nitrogens with one attached hydrogen (secondary N) is 1.